The average Bonchev–Trinajstić information content (AvgIpc) is 3.22. The molecule has 4 heterocycles. The van der Waals surface area contributed by atoms with Gasteiger partial charge in [0.05, 0.1) is 33.0 Å². The first-order valence-electron chi connectivity index (χ1n) is 9.41. The quantitative estimate of drug-likeness (QED) is 0.806. The molecular formula is C19H22N6O2. The molecule has 0 atom stereocenters. The highest BCUT2D eigenvalue weighted by molar-refractivity contribution is 5.85. The van der Waals surface area contributed by atoms with Gasteiger partial charge < -0.3 is 19.3 Å². The Bertz CT molecular complexity index is 823. The van der Waals surface area contributed by atoms with E-state index in [2.05, 4.69) is 33.0 Å². The van der Waals surface area contributed by atoms with Crippen molar-refractivity contribution in [2.45, 2.75) is 6.54 Å². The minimum Gasteiger partial charge on any atom is -0.378 e. The molecule has 0 radical (unpaired) electrons. The lowest BCUT2D eigenvalue weighted by molar-refractivity contribution is 0.121. The third-order valence-electron chi connectivity index (χ3n) is 5.09. The molecule has 0 unspecified atom stereocenters. The third-order valence-corrected chi connectivity index (χ3v) is 5.09. The maximum Gasteiger partial charge on any atom is 0.230 e. The molecule has 5 rings (SSSR count). The number of aromatic nitrogens is 3. The highest BCUT2D eigenvalue weighted by Gasteiger charge is 2.21. The molecule has 1 aromatic heterocycles. The highest BCUT2D eigenvalue weighted by atomic mass is 16.5. The molecule has 3 aliphatic rings. The van der Waals surface area contributed by atoms with Crippen molar-refractivity contribution in [3.8, 4) is 11.4 Å². The van der Waals surface area contributed by atoms with Crippen molar-refractivity contribution in [2.75, 3.05) is 62.4 Å². The Morgan fingerprint density at radius 3 is 2.04 bits per heavy atom. The fourth-order valence-electron chi connectivity index (χ4n) is 3.54. The molecule has 2 aromatic rings. The Hall–Kier alpha value is -2.58. The normalized spacial score (nSPS) is 19.4. The fourth-order valence-corrected chi connectivity index (χ4v) is 3.54. The van der Waals surface area contributed by atoms with Gasteiger partial charge in [-0.3, -0.25) is 4.99 Å². The van der Waals surface area contributed by atoms with Gasteiger partial charge in [0.2, 0.25) is 11.9 Å². The average molecular weight is 366 g/mol. The minimum absolute atomic E-state index is 0.698. The van der Waals surface area contributed by atoms with Crippen LogP contribution in [0.3, 0.4) is 0 Å². The van der Waals surface area contributed by atoms with Crippen LogP contribution in [0.5, 0.6) is 0 Å². The number of anilines is 2. The van der Waals surface area contributed by atoms with Gasteiger partial charge in [-0.15, -0.1) is 0 Å². The number of aliphatic imine (C=N–C) groups is 1. The summed E-state index contributed by atoms with van der Waals surface area (Å²) in [6.45, 7) is 6.70. The lowest BCUT2D eigenvalue weighted by Gasteiger charge is -2.30. The Balaban J connectivity index is 1.54. The SMILES string of the molecule is C1=NCc2cc(-c3nc(N4CCOCC4)nc(N4CCOCC4)n3)ccc21. The zero-order valence-electron chi connectivity index (χ0n) is 15.2. The topological polar surface area (TPSA) is 76.0 Å². The van der Waals surface area contributed by atoms with E-state index in [0.29, 0.717) is 32.3 Å². The standard InChI is InChI=1S/C19H22N6O2/c1-2-15-12-20-13-16(15)11-14(1)17-21-18(24-3-7-26-8-4-24)23-19(22-17)25-5-9-27-10-6-25/h1-2,11-12H,3-10,13H2. The zero-order chi connectivity index (χ0) is 18.1. The maximum atomic E-state index is 5.48. The second-order valence-corrected chi connectivity index (χ2v) is 6.84. The van der Waals surface area contributed by atoms with E-state index in [1.807, 2.05) is 6.21 Å². The number of rotatable bonds is 3. The van der Waals surface area contributed by atoms with Gasteiger partial charge in [0, 0.05) is 38.0 Å². The number of fused-ring (bicyclic) bond motifs is 1. The second-order valence-electron chi connectivity index (χ2n) is 6.84. The maximum absolute atomic E-state index is 5.48. The summed E-state index contributed by atoms with van der Waals surface area (Å²) in [5.41, 5.74) is 3.40. The van der Waals surface area contributed by atoms with Crippen molar-refractivity contribution in [3.63, 3.8) is 0 Å². The molecule has 1 aromatic carbocycles. The molecular weight excluding hydrogens is 344 g/mol. The van der Waals surface area contributed by atoms with E-state index in [9.17, 15) is 0 Å². The van der Waals surface area contributed by atoms with Gasteiger partial charge in [0.1, 0.15) is 0 Å². The lowest BCUT2D eigenvalue weighted by atomic mass is 10.1. The van der Waals surface area contributed by atoms with Gasteiger partial charge in [-0.2, -0.15) is 15.0 Å². The van der Waals surface area contributed by atoms with Crippen molar-refractivity contribution >= 4 is 18.1 Å². The first-order valence-corrected chi connectivity index (χ1v) is 9.41. The van der Waals surface area contributed by atoms with Gasteiger partial charge in [-0.1, -0.05) is 12.1 Å². The molecule has 2 saturated heterocycles. The van der Waals surface area contributed by atoms with Crippen LogP contribution < -0.4 is 9.80 Å². The molecule has 3 aliphatic heterocycles. The van der Waals surface area contributed by atoms with Crippen molar-refractivity contribution < 1.29 is 9.47 Å². The molecule has 0 N–H and O–H groups in total. The second kappa shape index (κ2) is 7.21. The van der Waals surface area contributed by atoms with E-state index in [4.69, 9.17) is 24.4 Å². The number of hydrogen-bond acceptors (Lipinski definition) is 8. The summed E-state index contributed by atoms with van der Waals surface area (Å²) in [7, 11) is 0. The largest absolute Gasteiger partial charge is 0.378 e. The number of benzene rings is 1. The smallest absolute Gasteiger partial charge is 0.230 e. The van der Waals surface area contributed by atoms with Gasteiger partial charge >= 0.3 is 0 Å². The van der Waals surface area contributed by atoms with Crippen LogP contribution in [0.1, 0.15) is 11.1 Å². The van der Waals surface area contributed by atoms with Crippen molar-refractivity contribution in [1.82, 2.24) is 15.0 Å². The van der Waals surface area contributed by atoms with Crippen LogP contribution in [0.15, 0.2) is 23.2 Å². The van der Waals surface area contributed by atoms with Crippen molar-refractivity contribution in [1.29, 1.82) is 0 Å². The molecule has 0 spiro atoms. The zero-order valence-corrected chi connectivity index (χ0v) is 15.2. The van der Waals surface area contributed by atoms with Gasteiger partial charge in [0.15, 0.2) is 5.82 Å². The minimum atomic E-state index is 0.698. The highest BCUT2D eigenvalue weighted by Crippen LogP contribution is 2.26. The Kier molecular flexibility index (Phi) is 4.43. The number of nitrogens with zero attached hydrogens (tertiary/aromatic N) is 6. The first kappa shape index (κ1) is 16.6. The Labute approximate surface area is 157 Å². The molecule has 0 bridgehead atoms. The van der Waals surface area contributed by atoms with Crippen LogP contribution in [-0.4, -0.2) is 73.8 Å². The number of hydrogen-bond donors (Lipinski definition) is 0. The van der Waals surface area contributed by atoms with Gasteiger partial charge in [-0.05, 0) is 17.2 Å². The number of morpholine rings is 2. The van der Waals surface area contributed by atoms with E-state index in [1.54, 1.807) is 0 Å². The summed E-state index contributed by atoms with van der Waals surface area (Å²) in [5.74, 6) is 2.16. The predicted molar refractivity (Wildman–Crippen MR) is 103 cm³/mol. The van der Waals surface area contributed by atoms with Crippen LogP contribution >= 0.6 is 0 Å². The van der Waals surface area contributed by atoms with Crippen LogP contribution in [0.25, 0.3) is 11.4 Å². The first-order chi connectivity index (χ1) is 13.4. The summed E-state index contributed by atoms with van der Waals surface area (Å²) >= 11 is 0. The number of ether oxygens (including phenoxy) is 2. The predicted octanol–water partition coefficient (Wildman–Crippen LogP) is 1.14. The molecule has 27 heavy (non-hydrogen) atoms. The van der Waals surface area contributed by atoms with E-state index in [1.165, 1.54) is 11.1 Å². The van der Waals surface area contributed by atoms with Gasteiger partial charge in [-0.25, -0.2) is 0 Å². The van der Waals surface area contributed by atoms with E-state index in [0.717, 1.165) is 50.2 Å². The van der Waals surface area contributed by atoms with Crippen LogP contribution in [-0.2, 0) is 16.0 Å². The fraction of sp³-hybridized carbons (Fsp3) is 0.474. The molecule has 8 heteroatoms. The Morgan fingerprint density at radius 1 is 0.778 bits per heavy atom. The monoisotopic (exact) mass is 366 g/mol. The van der Waals surface area contributed by atoms with Gasteiger partial charge in [0.25, 0.3) is 0 Å². The summed E-state index contributed by atoms with van der Waals surface area (Å²) in [5, 5.41) is 0. The molecule has 2 fully saturated rings. The summed E-state index contributed by atoms with van der Waals surface area (Å²) < 4.78 is 11.0. The molecule has 8 nitrogen and oxygen atoms in total. The molecule has 0 amide bonds. The van der Waals surface area contributed by atoms with E-state index in [-0.39, 0.29) is 0 Å². The summed E-state index contributed by atoms with van der Waals surface area (Å²) in [6, 6.07) is 6.30. The molecule has 0 aliphatic carbocycles. The lowest BCUT2D eigenvalue weighted by Crippen LogP contribution is -2.40. The van der Waals surface area contributed by atoms with Crippen LogP contribution in [0.4, 0.5) is 11.9 Å². The van der Waals surface area contributed by atoms with Crippen LogP contribution in [0.2, 0.25) is 0 Å². The van der Waals surface area contributed by atoms with E-state index >= 15 is 0 Å². The molecule has 140 valence electrons. The summed E-state index contributed by atoms with van der Waals surface area (Å²) in [6.07, 6.45) is 1.92. The molecule has 0 saturated carbocycles. The van der Waals surface area contributed by atoms with Crippen LogP contribution in [0, 0.1) is 0 Å². The Morgan fingerprint density at radius 2 is 1.41 bits per heavy atom. The van der Waals surface area contributed by atoms with Crippen molar-refractivity contribution in [2.24, 2.45) is 4.99 Å². The summed E-state index contributed by atoms with van der Waals surface area (Å²) in [4.78, 5) is 23.1. The third kappa shape index (κ3) is 3.38. The van der Waals surface area contributed by atoms with Crippen molar-refractivity contribution in [3.05, 3.63) is 29.3 Å². The van der Waals surface area contributed by atoms with E-state index < -0.39 is 0 Å².